The topological polar surface area (TPSA) is 0 Å². The van der Waals surface area contributed by atoms with Crippen LogP contribution in [0.5, 0.6) is 0 Å². The first kappa shape index (κ1) is 16.9. The molecule has 0 radical (unpaired) electrons. The van der Waals surface area contributed by atoms with Crippen LogP contribution in [0.25, 0.3) is 0 Å². The largest absolute Gasteiger partial charge is 0.0808 e. The summed E-state index contributed by atoms with van der Waals surface area (Å²) in [4.78, 5) is 0. The summed E-state index contributed by atoms with van der Waals surface area (Å²) in [6.07, 6.45) is 12.1. The van der Waals surface area contributed by atoms with Crippen LogP contribution in [-0.4, -0.2) is 0 Å². The van der Waals surface area contributed by atoms with Crippen molar-refractivity contribution >= 4 is 0 Å². The summed E-state index contributed by atoms with van der Waals surface area (Å²) in [6.45, 7) is 13.3. The first-order valence-corrected chi connectivity index (χ1v) is 6.36. The Morgan fingerprint density at radius 2 is 1.07 bits per heavy atom. The van der Waals surface area contributed by atoms with E-state index in [9.17, 15) is 0 Å². The van der Waals surface area contributed by atoms with Crippen LogP contribution in [0.15, 0.2) is 24.3 Å². The fourth-order valence-electron chi connectivity index (χ4n) is 0.393. The molecule has 0 spiro atoms. The predicted octanol–water partition coefficient (Wildman–Crippen LogP) is 5.61. The maximum absolute atomic E-state index is 2.22. The molecular weight excluding hydrogens is 180 g/mol. The first-order valence-electron chi connectivity index (χ1n) is 6.36. The second kappa shape index (κ2) is 13.5. The Morgan fingerprint density at radius 1 is 0.800 bits per heavy atom. The Morgan fingerprint density at radius 3 is 1.13 bits per heavy atom. The summed E-state index contributed by atoms with van der Waals surface area (Å²) in [5.74, 6) is 1.77. The molecule has 0 aromatic carbocycles. The van der Waals surface area contributed by atoms with Crippen LogP contribution in [0.2, 0.25) is 0 Å². The highest BCUT2D eigenvalue weighted by Gasteiger charge is 1.80. The van der Waals surface area contributed by atoms with E-state index >= 15 is 0 Å². The summed E-state index contributed by atoms with van der Waals surface area (Å²) < 4.78 is 0. The van der Waals surface area contributed by atoms with Gasteiger partial charge in [0.15, 0.2) is 0 Å². The molecule has 0 saturated carbocycles. The standard InChI is InChI=1S/C5H6.2C5H12/c1-2-4-5-3-1;2*1-4-5(2)3/h1-4H,5H2;2*5H,4H2,1-3H3. The quantitative estimate of drug-likeness (QED) is 0.556. The van der Waals surface area contributed by atoms with Gasteiger partial charge in [-0.1, -0.05) is 78.7 Å². The van der Waals surface area contributed by atoms with Crippen molar-refractivity contribution in [3.8, 4) is 0 Å². The molecule has 0 amide bonds. The molecular formula is C15H30. The Kier molecular flexibility index (Phi) is 15.2. The number of hydrogen-bond acceptors (Lipinski definition) is 0. The molecule has 0 atom stereocenters. The SMILES string of the molecule is C1=CCC=C1.CCC(C)C.CCC(C)C. The minimum Gasteiger partial charge on any atom is -0.0808 e. The molecule has 1 rings (SSSR count). The molecule has 0 fully saturated rings. The average molecular weight is 210 g/mol. The molecule has 0 aromatic rings. The molecule has 0 saturated heterocycles. The van der Waals surface area contributed by atoms with Gasteiger partial charge in [0.2, 0.25) is 0 Å². The fourth-order valence-corrected chi connectivity index (χ4v) is 0.393. The number of allylic oxidation sites excluding steroid dienone is 4. The van der Waals surface area contributed by atoms with Crippen molar-refractivity contribution in [3.05, 3.63) is 24.3 Å². The molecule has 0 bridgehead atoms. The van der Waals surface area contributed by atoms with Crippen molar-refractivity contribution in [2.75, 3.05) is 0 Å². The van der Waals surface area contributed by atoms with E-state index in [4.69, 9.17) is 0 Å². The van der Waals surface area contributed by atoms with Gasteiger partial charge in [0.25, 0.3) is 0 Å². The van der Waals surface area contributed by atoms with Gasteiger partial charge < -0.3 is 0 Å². The predicted molar refractivity (Wildman–Crippen MR) is 73.2 cm³/mol. The molecule has 0 heteroatoms. The molecule has 1 aliphatic carbocycles. The molecule has 0 aromatic heterocycles. The van der Waals surface area contributed by atoms with Crippen molar-refractivity contribution in [1.29, 1.82) is 0 Å². The zero-order valence-electron chi connectivity index (χ0n) is 11.6. The highest BCUT2D eigenvalue weighted by molar-refractivity contribution is 5.11. The Balaban J connectivity index is 0. The number of hydrogen-bond donors (Lipinski definition) is 0. The van der Waals surface area contributed by atoms with E-state index in [0.29, 0.717) is 0 Å². The van der Waals surface area contributed by atoms with E-state index in [-0.39, 0.29) is 0 Å². The molecule has 1 aliphatic rings. The van der Waals surface area contributed by atoms with Gasteiger partial charge in [-0.15, -0.1) is 0 Å². The fraction of sp³-hybridized carbons (Fsp3) is 0.733. The van der Waals surface area contributed by atoms with E-state index in [2.05, 4.69) is 65.8 Å². The van der Waals surface area contributed by atoms with Crippen molar-refractivity contribution in [2.24, 2.45) is 11.8 Å². The van der Waals surface area contributed by atoms with Gasteiger partial charge in [-0.2, -0.15) is 0 Å². The molecule has 0 N–H and O–H groups in total. The minimum atomic E-state index is 0.884. The zero-order chi connectivity index (χ0) is 12.1. The van der Waals surface area contributed by atoms with E-state index in [0.717, 1.165) is 18.3 Å². The lowest BCUT2D eigenvalue weighted by Crippen LogP contribution is -1.77. The molecule has 0 unspecified atom stereocenters. The third-order valence-corrected chi connectivity index (χ3v) is 2.29. The van der Waals surface area contributed by atoms with Gasteiger partial charge in [0.05, 0.1) is 0 Å². The van der Waals surface area contributed by atoms with Gasteiger partial charge in [-0.3, -0.25) is 0 Å². The van der Waals surface area contributed by atoms with Crippen LogP contribution in [0.3, 0.4) is 0 Å². The maximum Gasteiger partial charge on any atom is -0.0163 e. The second-order valence-electron chi connectivity index (χ2n) is 4.70. The molecule has 0 aliphatic heterocycles. The lowest BCUT2D eigenvalue weighted by Gasteiger charge is -1.90. The maximum atomic E-state index is 2.22. The summed E-state index contributed by atoms with van der Waals surface area (Å²) in [6, 6.07) is 0. The van der Waals surface area contributed by atoms with Gasteiger partial charge >= 0.3 is 0 Å². The lowest BCUT2D eigenvalue weighted by atomic mass is 10.2. The third kappa shape index (κ3) is 24.7. The summed E-state index contributed by atoms with van der Waals surface area (Å²) in [5.41, 5.74) is 0. The van der Waals surface area contributed by atoms with Crippen LogP contribution in [0, 0.1) is 11.8 Å². The normalized spacial score (nSPS) is 12.3. The first-order chi connectivity index (χ1) is 7.04. The van der Waals surface area contributed by atoms with E-state index in [1.807, 2.05) is 0 Å². The van der Waals surface area contributed by atoms with Crippen molar-refractivity contribution in [1.82, 2.24) is 0 Å². The van der Waals surface area contributed by atoms with Gasteiger partial charge in [0.1, 0.15) is 0 Å². The molecule has 0 heterocycles. The van der Waals surface area contributed by atoms with Crippen LogP contribution >= 0.6 is 0 Å². The summed E-state index contributed by atoms with van der Waals surface area (Å²) >= 11 is 0. The minimum absolute atomic E-state index is 0.884. The van der Waals surface area contributed by atoms with Gasteiger partial charge in [-0.25, -0.2) is 0 Å². The van der Waals surface area contributed by atoms with Gasteiger partial charge in [-0.05, 0) is 18.3 Å². The Bertz CT molecular complexity index is 131. The van der Waals surface area contributed by atoms with Crippen LogP contribution in [0.4, 0.5) is 0 Å². The monoisotopic (exact) mass is 210 g/mol. The van der Waals surface area contributed by atoms with Crippen LogP contribution < -0.4 is 0 Å². The molecule has 0 nitrogen and oxygen atoms in total. The summed E-state index contributed by atoms with van der Waals surface area (Å²) in [7, 11) is 0. The van der Waals surface area contributed by atoms with Crippen molar-refractivity contribution in [2.45, 2.75) is 60.8 Å². The van der Waals surface area contributed by atoms with Crippen molar-refractivity contribution < 1.29 is 0 Å². The Hall–Kier alpha value is -0.520. The van der Waals surface area contributed by atoms with Crippen LogP contribution in [-0.2, 0) is 0 Å². The summed E-state index contributed by atoms with van der Waals surface area (Å²) in [5, 5.41) is 0. The van der Waals surface area contributed by atoms with Crippen LogP contribution in [0.1, 0.15) is 60.8 Å². The van der Waals surface area contributed by atoms with Crippen molar-refractivity contribution in [3.63, 3.8) is 0 Å². The highest BCUT2D eigenvalue weighted by atomic mass is 13.9. The molecule has 90 valence electrons. The number of rotatable bonds is 2. The van der Waals surface area contributed by atoms with Gasteiger partial charge in [0, 0.05) is 0 Å². The third-order valence-electron chi connectivity index (χ3n) is 2.29. The lowest BCUT2D eigenvalue weighted by molar-refractivity contribution is 0.626. The van der Waals surface area contributed by atoms with E-state index in [1.54, 1.807) is 0 Å². The smallest absolute Gasteiger partial charge is 0.0163 e. The zero-order valence-corrected chi connectivity index (χ0v) is 11.6. The van der Waals surface area contributed by atoms with E-state index in [1.165, 1.54) is 12.8 Å². The van der Waals surface area contributed by atoms with E-state index < -0.39 is 0 Å². The highest BCUT2D eigenvalue weighted by Crippen LogP contribution is 1.94. The Labute approximate surface area is 97.5 Å². The molecule has 15 heavy (non-hydrogen) atoms. The second-order valence-corrected chi connectivity index (χ2v) is 4.70. The average Bonchev–Trinajstić information content (AvgIpc) is 2.76.